The number of hydrogen-bond acceptors (Lipinski definition) is 1. The van der Waals surface area contributed by atoms with Crippen LogP contribution in [0.2, 0.25) is 0 Å². The lowest BCUT2D eigenvalue weighted by atomic mass is 9.75. The molecule has 0 aromatic rings. The van der Waals surface area contributed by atoms with Crippen LogP contribution in [-0.4, -0.2) is 6.04 Å². The van der Waals surface area contributed by atoms with Crippen molar-refractivity contribution in [3.05, 3.63) is 12.2 Å². The molecule has 1 rings (SSSR count). The van der Waals surface area contributed by atoms with Gasteiger partial charge in [-0.2, -0.15) is 0 Å². The molecular formula is C10H19N. The molecule has 0 bridgehead atoms. The van der Waals surface area contributed by atoms with E-state index in [0.717, 1.165) is 0 Å². The summed E-state index contributed by atoms with van der Waals surface area (Å²) in [7, 11) is 0. The fourth-order valence-corrected chi connectivity index (χ4v) is 2.02. The van der Waals surface area contributed by atoms with Crippen LogP contribution in [0.15, 0.2) is 12.2 Å². The normalized spacial score (nSPS) is 38.6. The molecule has 3 unspecified atom stereocenters. The van der Waals surface area contributed by atoms with Crippen molar-refractivity contribution in [3.63, 3.8) is 0 Å². The van der Waals surface area contributed by atoms with E-state index in [9.17, 15) is 0 Å². The van der Waals surface area contributed by atoms with Gasteiger partial charge in [-0.25, -0.2) is 0 Å². The molecule has 0 saturated heterocycles. The van der Waals surface area contributed by atoms with Gasteiger partial charge in [-0.1, -0.05) is 25.5 Å². The van der Waals surface area contributed by atoms with Crippen molar-refractivity contribution in [1.82, 2.24) is 0 Å². The summed E-state index contributed by atoms with van der Waals surface area (Å²) in [5.74, 6) is 1.27. The van der Waals surface area contributed by atoms with Crippen LogP contribution < -0.4 is 5.73 Å². The van der Waals surface area contributed by atoms with Gasteiger partial charge in [0.05, 0.1) is 0 Å². The van der Waals surface area contributed by atoms with Gasteiger partial charge in [0.1, 0.15) is 0 Å². The third-order valence-corrected chi connectivity index (χ3v) is 2.93. The molecule has 0 aromatic heterocycles. The topological polar surface area (TPSA) is 26.0 Å². The highest BCUT2D eigenvalue weighted by molar-refractivity contribution is 5.03. The first-order chi connectivity index (χ1) is 5.13. The molecule has 0 heterocycles. The minimum Gasteiger partial charge on any atom is -0.327 e. The lowest BCUT2D eigenvalue weighted by Crippen LogP contribution is -2.39. The molecule has 1 nitrogen and oxygen atoms in total. The summed E-state index contributed by atoms with van der Waals surface area (Å²) < 4.78 is 0. The number of hydrogen-bond donors (Lipinski definition) is 1. The molecule has 0 aliphatic heterocycles. The fraction of sp³-hybridized carbons (Fsp3) is 0.800. The van der Waals surface area contributed by atoms with E-state index >= 15 is 0 Å². The van der Waals surface area contributed by atoms with Crippen molar-refractivity contribution in [3.8, 4) is 0 Å². The average molecular weight is 153 g/mol. The molecule has 64 valence electrons. The zero-order valence-electron chi connectivity index (χ0n) is 7.64. The van der Waals surface area contributed by atoms with Crippen LogP contribution >= 0.6 is 0 Å². The third kappa shape index (κ3) is 1.84. The van der Waals surface area contributed by atoms with Gasteiger partial charge in [-0.15, -0.1) is 0 Å². The first kappa shape index (κ1) is 8.79. The summed E-state index contributed by atoms with van der Waals surface area (Å²) in [5.41, 5.74) is 7.33. The Morgan fingerprint density at radius 2 is 2.09 bits per heavy atom. The van der Waals surface area contributed by atoms with Crippen molar-refractivity contribution in [2.24, 2.45) is 17.6 Å². The van der Waals surface area contributed by atoms with Gasteiger partial charge in [0.15, 0.2) is 0 Å². The van der Waals surface area contributed by atoms with Gasteiger partial charge in [0.25, 0.3) is 0 Å². The van der Waals surface area contributed by atoms with Gasteiger partial charge in [-0.3, -0.25) is 0 Å². The van der Waals surface area contributed by atoms with Gasteiger partial charge >= 0.3 is 0 Å². The quantitative estimate of drug-likeness (QED) is 0.575. The van der Waals surface area contributed by atoms with E-state index in [1.807, 2.05) is 0 Å². The largest absolute Gasteiger partial charge is 0.327 e. The van der Waals surface area contributed by atoms with Crippen LogP contribution in [-0.2, 0) is 0 Å². The Hall–Kier alpha value is -0.300. The summed E-state index contributed by atoms with van der Waals surface area (Å²) in [6, 6.07) is 0.362. The van der Waals surface area contributed by atoms with Crippen LogP contribution in [0, 0.1) is 11.8 Å². The van der Waals surface area contributed by atoms with Crippen LogP contribution in [0.3, 0.4) is 0 Å². The highest BCUT2D eigenvalue weighted by Crippen LogP contribution is 2.31. The van der Waals surface area contributed by atoms with Gasteiger partial charge in [-0.05, 0) is 31.6 Å². The monoisotopic (exact) mass is 153 g/mol. The molecule has 0 radical (unpaired) electrons. The molecule has 0 spiro atoms. The Kier molecular flexibility index (Phi) is 2.72. The van der Waals surface area contributed by atoms with Crippen LogP contribution in [0.5, 0.6) is 0 Å². The van der Waals surface area contributed by atoms with Gasteiger partial charge in [0, 0.05) is 6.04 Å². The standard InChI is InChI=1S/C10H19N/c1-7(2)9-6-4-5-8(3)10(9)11/h8-10H,1,4-6,11H2,2-3H3. The van der Waals surface area contributed by atoms with Crippen LogP contribution in [0.4, 0.5) is 0 Å². The Morgan fingerprint density at radius 1 is 1.45 bits per heavy atom. The zero-order chi connectivity index (χ0) is 8.43. The SMILES string of the molecule is C=C(C)C1CCCC(C)C1N. The molecule has 3 atom stereocenters. The van der Waals surface area contributed by atoms with E-state index in [4.69, 9.17) is 5.73 Å². The van der Waals surface area contributed by atoms with Crippen molar-refractivity contribution >= 4 is 0 Å². The van der Waals surface area contributed by atoms with Crippen LogP contribution in [0.1, 0.15) is 33.1 Å². The first-order valence-corrected chi connectivity index (χ1v) is 4.54. The van der Waals surface area contributed by atoms with E-state index in [0.29, 0.717) is 17.9 Å². The summed E-state index contributed by atoms with van der Waals surface area (Å²) >= 11 is 0. The average Bonchev–Trinajstić information content (AvgIpc) is 1.94. The zero-order valence-corrected chi connectivity index (χ0v) is 7.64. The van der Waals surface area contributed by atoms with Crippen molar-refractivity contribution in [2.75, 3.05) is 0 Å². The molecule has 1 heteroatoms. The van der Waals surface area contributed by atoms with E-state index in [1.165, 1.54) is 24.8 Å². The summed E-state index contributed by atoms with van der Waals surface area (Å²) in [6.07, 6.45) is 3.87. The minimum absolute atomic E-state index is 0.362. The summed E-state index contributed by atoms with van der Waals surface area (Å²) in [5, 5.41) is 0. The number of rotatable bonds is 1. The van der Waals surface area contributed by atoms with Gasteiger partial charge < -0.3 is 5.73 Å². The first-order valence-electron chi connectivity index (χ1n) is 4.54. The van der Waals surface area contributed by atoms with Crippen molar-refractivity contribution in [1.29, 1.82) is 0 Å². The summed E-state index contributed by atoms with van der Waals surface area (Å²) in [4.78, 5) is 0. The van der Waals surface area contributed by atoms with Crippen LogP contribution in [0.25, 0.3) is 0 Å². The maximum atomic E-state index is 6.06. The molecule has 1 aliphatic rings. The van der Waals surface area contributed by atoms with Crippen molar-refractivity contribution in [2.45, 2.75) is 39.2 Å². The smallest absolute Gasteiger partial charge is 0.0130 e. The lowest BCUT2D eigenvalue weighted by Gasteiger charge is -2.34. The second-order valence-electron chi connectivity index (χ2n) is 3.94. The Labute approximate surface area is 69.7 Å². The fourth-order valence-electron chi connectivity index (χ4n) is 2.02. The molecule has 1 fully saturated rings. The highest BCUT2D eigenvalue weighted by Gasteiger charge is 2.27. The Bertz CT molecular complexity index is 151. The third-order valence-electron chi connectivity index (χ3n) is 2.93. The molecule has 0 amide bonds. The molecule has 1 saturated carbocycles. The lowest BCUT2D eigenvalue weighted by molar-refractivity contribution is 0.264. The van der Waals surface area contributed by atoms with E-state index in [-0.39, 0.29) is 0 Å². The van der Waals surface area contributed by atoms with E-state index < -0.39 is 0 Å². The minimum atomic E-state index is 0.362. The second-order valence-corrected chi connectivity index (χ2v) is 3.94. The maximum Gasteiger partial charge on any atom is 0.0130 e. The Morgan fingerprint density at radius 3 is 2.55 bits per heavy atom. The molecule has 1 aliphatic carbocycles. The van der Waals surface area contributed by atoms with E-state index in [2.05, 4.69) is 20.4 Å². The van der Waals surface area contributed by atoms with Gasteiger partial charge in [0.2, 0.25) is 0 Å². The predicted octanol–water partition coefficient (Wildman–Crippen LogP) is 2.33. The second kappa shape index (κ2) is 3.40. The summed E-state index contributed by atoms with van der Waals surface area (Å²) in [6.45, 7) is 8.33. The van der Waals surface area contributed by atoms with Crippen molar-refractivity contribution < 1.29 is 0 Å². The Balaban J connectivity index is 2.58. The maximum absolute atomic E-state index is 6.06. The molecular weight excluding hydrogens is 134 g/mol. The number of nitrogens with two attached hydrogens (primary N) is 1. The molecule has 2 N–H and O–H groups in total. The van der Waals surface area contributed by atoms with E-state index in [1.54, 1.807) is 0 Å². The predicted molar refractivity (Wildman–Crippen MR) is 49.3 cm³/mol. The molecule has 0 aromatic carbocycles. The molecule has 11 heavy (non-hydrogen) atoms. The highest BCUT2D eigenvalue weighted by atomic mass is 14.7.